The molecule has 0 radical (unpaired) electrons. The summed E-state index contributed by atoms with van der Waals surface area (Å²) >= 11 is 3.04. The highest BCUT2D eigenvalue weighted by Gasteiger charge is 2.17. The van der Waals surface area contributed by atoms with Gasteiger partial charge in [-0.25, -0.2) is 9.37 Å². The molecule has 10 heteroatoms. The number of hydrogen-bond donors (Lipinski definition) is 0. The molecule has 0 saturated carbocycles. The molecule has 0 spiro atoms. The number of fused-ring (bicyclic) bond motifs is 3. The standard InChI is InChI=1S/C24H22FN5O2S2/c1-2-32-13-5-12-29-22(31)19-6-3-4-7-20(19)30-23(29)27-28-24(30)34-15-18-14-33-21(26-18)16-8-10-17(25)11-9-16/h3-4,6-11,14H,2,5,12-13,15H2,1H3. The molecule has 0 aliphatic rings. The number of para-hydroxylation sites is 1. The average molecular weight is 496 g/mol. The maximum atomic E-state index is 13.2. The first-order valence-electron chi connectivity index (χ1n) is 10.9. The summed E-state index contributed by atoms with van der Waals surface area (Å²) < 4.78 is 22.3. The average Bonchev–Trinajstić information content (AvgIpc) is 3.50. The minimum absolute atomic E-state index is 0.0769. The molecule has 0 bridgehead atoms. The van der Waals surface area contributed by atoms with E-state index in [4.69, 9.17) is 9.72 Å². The van der Waals surface area contributed by atoms with E-state index in [1.54, 1.807) is 16.7 Å². The Morgan fingerprint density at radius 1 is 1.12 bits per heavy atom. The molecule has 5 aromatic rings. The van der Waals surface area contributed by atoms with Crippen molar-refractivity contribution in [3.05, 3.63) is 75.8 Å². The number of ether oxygens (including phenoxy) is 1. The van der Waals surface area contributed by atoms with Gasteiger partial charge in [0.15, 0.2) is 5.16 Å². The second kappa shape index (κ2) is 10.0. The highest BCUT2D eigenvalue weighted by molar-refractivity contribution is 7.98. The van der Waals surface area contributed by atoms with Gasteiger partial charge in [0.25, 0.3) is 5.56 Å². The number of hydrogen-bond acceptors (Lipinski definition) is 7. The van der Waals surface area contributed by atoms with Crippen LogP contribution in [-0.2, 0) is 17.0 Å². The lowest BCUT2D eigenvalue weighted by Gasteiger charge is -2.11. The Hall–Kier alpha value is -3.08. The third-order valence-electron chi connectivity index (χ3n) is 5.34. The van der Waals surface area contributed by atoms with Crippen LogP contribution < -0.4 is 5.56 Å². The van der Waals surface area contributed by atoms with Crippen LogP contribution >= 0.6 is 23.1 Å². The lowest BCUT2D eigenvalue weighted by Crippen LogP contribution is -2.24. The monoisotopic (exact) mass is 495 g/mol. The van der Waals surface area contributed by atoms with Gasteiger partial charge in [0.1, 0.15) is 10.8 Å². The molecule has 0 unspecified atom stereocenters. The zero-order valence-corrected chi connectivity index (χ0v) is 20.1. The molecule has 3 aromatic heterocycles. The molecule has 2 aromatic carbocycles. The third kappa shape index (κ3) is 4.48. The molecular formula is C24H22FN5O2S2. The summed E-state index contributed by atoms with van der Waals surface area (Å²) in [7, 11) is 0. The predicted molar refractivity (Wildman–Crippen MR) is 133 cm³/mol. The number of aryl methyl sites for hydroxylation is 1. The predicted octanol–water partition coefficient (Wildman–Crippen LogP) is 5.03. The van der Waals surface area contributed by atoms with E-state index in [1.165, 1.54) is 35.2 Å². The lowest BCUT2D eigenvalue weighted by atomic mass is 10.2. The van der Waals surface area contributed by atoms with E-state index in [-0.39, 0.29) is 11.4 Å². The Kier molecular flexibility index (Phi) is 6.70. The van der Waals surface area contributed by atoms with Crippen molar-refractivity contribution in [1.29, 1.82) is 0 Å². The minimum atomic E-state index is -0.265. The van der Waals surface area contributed by atoms with Gasteiger partial charge in [-0.15, -0.1) is 21.5 Å². The van der Waals surface area contributed by atoms with Gasteiger partial charge in [0.2, 0.25) is 5.78 Å². The van der Waals surface area contributed by atoms with E-state index in [0.717, 1.165) is 21.8 Å². The third-order valence-corrected chi connectivity index (χ3v) is 7.25. The molecule has 3 heterocycles. The molecule has 174 valence electrons. The fourth-order valence-electron chi connectivity index (χ4n) is 3.73. The summed E-state index contributed by atoms with van der Waals surface area (Å²) in [6.45, 7) is 3.68. The van der Waals surface area contributed by atoms with Gasteiger partial charge in [-0.1, -0.05) is 23.9 Å². The van der Waals surface area contributed by atoms with Crippen molar-refractivity contribution in [3.63, 3.8) is 0 Å². The molecule has 0 atom stereocenters. The molecule has 34 heavy (non-hydrogen) atoms. The lowest BCUT2D eigenvalue weighted by molar-refractivity contribution is 0.141. The fraction of sp³-hybridized carbons (Fsp3) is 0.250. The summed E-state index contributed by atoms with van der Waals surface area (Å²) in [5.41, 5.74) is 2.49. The maximum absolute atomic E-state index is 13.2. The van der Waals surface area contributed by atoms with Crippen LogP contribution in [0.25, 0.3) is 27.3 Å². The molecular weight excluding hydrogens is 473 g/mol. The number of nitrogens with zero attached hydrogens (tertiary/aromatic N) is 5. The van der Waals surface area contributed by atoms with Crippen LogP contribution in [0.3, 0.4) is 0 Å². The Bertz CT molecular complexity index is 1490. The molecule has 0 amide bonds. The van der Waals surface area contributed by atoms with Crippen LogP contribution in [0.1, 0.15) is 19.0 Å². The molecule has 5 rings (SSSR count). The van der Waals surface area contributed by atoms with Crippen molar-refractivity contribution in [1.82, 2.24) is 24.1 Å². The van der Waals surface area contributed by atoms with E-state index in [2.05, 4.69) is 10.2 Å². The van der Waals surface area contributed by atoms with Crippen LogP contribution in [0.15, 0.2) is 63.9 Å². The molecule has 0 fully saturated rings. The Labute approximate surface area is 203 Å². The van der Waals surface area contributed by atoms with E-state index in [9.17, 15) is 9.18 Å². The first-order chi connectivity index (χ1) is 16.7. The smallest absolute Gasteiger partial charge is 0.262 e. The summed E-state index contributed by atoms with van der Waals surface area (Å²) in [4.78, 5) is 17.8. The summed E-state index contributed by atoms with van der Waals surface area (Å²) in [5, 5.41) is 12.9. The number of halogens is 1. The Morgan fingerprint density at radius 3 is 2.76 bits per heavy atom. The second-order valence-corrected chi connectivity index (χ2v) is 9.38. The van der Waals surface area contributed by atoms with Gasteiger partial charge >= 0.3 is 0 Å². The molecule has 0 N–H and O–H groups in total. The van der Waals surface area contributed by atoms with E-state index in [0.29, 0.717) is 48.3 Å². The zero-order valence-electron chi connectivity index (χ0n) is 18.5. The van der Waals surface area contributed by atoms with E-state index >= 15 is 0 Å². The first-order valence-corrected chi connectivity index (χ1v) is 12.8. The number of aromatic nitrogens is 5. The van der Waals surface area contributed by atoms with Crippen molar-refractivity contribution in [2.24, 2.45) is 0 Å². The van der Waals surface area contributed by atoms with Gasteiger partial charge in [0.05, 0.1) is 16.6 Å². The van der Waals surface area contributed by atoms with Gasteiger partial charge in [-0.3, -0.25) is 13.8 Å². The summed E-state index contributed by atoms with van der Waals surface area (Å²) in [6, 6.07) is 13.9. The number of benzene rings is 2. The van der Waals surface area contributed by atoms with E-state index in [1.807, 2.05) is 41.0 Å². The minimum Gasteiger partial charge on any atom is -0.382 e. The van der Waals surface area contributed by atoms with Crippen molar-refractivity contribution in [2.45, 2.75) is 30.8 Å². The normalized spacial score (nSPS) is 11.6. The quantitative estimate of drug-likeness (QED) is 0.211. The summed E-state index contributed by atoms with van der Waals surface area (Å²) in [6.07, 6.45) is 0.710. The molecule has 7 nitrogen and oxygen atoms in total. The molecule has 0 aliphatic heterocycles. The van der Waals surface area contributed by atoms with Crippen LogP contribution in [0.4, 0.5) is 4.39 Å². The van der Waals surface area contributed by atoms with Crippen LogP contribution in [0.5, 0.6) is 0 Å². The van der Waals surface area contributed by atoms with E-state index < -0.39 is 0 Å². The summed E-state index contributed by atoms with van der Waals surface area (Å²) in [5.74, 6) is 0.849. The largest absolute Gasteiger partial charge is 0.382 e. The topological polar surface area (TPSA) is 74.3 Å². The van der Waals surface area contributed by atoms with Crippen molar-refractivity contribution < 1.29 is 9.13 Å². The van der Waals surface area contributed by atoms with Gasteiger partial charge in [-0.2, -0.15) is 0 Å². The highest BCUT2D eigenvalue weighted by Crippen LogP contribution is 2.28. The SMILES string of the molecule is CCOCCCn1c(=O)c2ccccc2n2c(SCc3csc(-c4ccc(F)cc4)n3)nnc12. The van der Waals surface area contributed by atoms with Crippen LogP contribution in [0, 0.1) is 5.82 Å². The fourth-order valence-corrected chi connectivity index (χ4v) is 5.50. The Morgan fingerprint density at radius 2 is 1.94 bits per heavy atom. The maximum Gasteiger partial charge on any atom is 0.262 e. The van der Waals surface area contributed by atoms with Gasteiger partial charge in [0, 0.05) is 36.5 Å². The highest BCUT2D eigenvalue weighted by atomic mass is 32.2. The number of rotatable bonds is 9. The van der Waals surface area contributed by atoms with Gasteiger partial charge in [-0.05, 0) is 49.7 Å². The van der Waals surface area contributed by atoms with Crippen LogP contribution in [-0.4, -0.2) is 37.4 Å². The molecule has 0 saturated heterocycles. The number of thioether (sulfide) groups is 1. The van der Waals surface area contributed by atoms with Crippen molar-refractivity contribution in [2.75, 3.05) is 13.2 Å². The van der Waals surface area contributed by atoms with Gasteiger partial charge < -0.3 is 4.74 Å². The molecule has 0 aliphatic carbocycles. The Balaban J connectivity index is 1.45. The number of thiazole rings is 1. The van der Waals surface area contributed by atoms with Crippen molar-refractivity contribution in [3.8, 4) is 10.6 Å². The zero-order chi connectivity index (χ0) is 23.5. The first kappa shape index (κ1) is 22.7. The van der Waals surface area contributed by atoms with Crippen LogP contribution in [0.2, 0.25) is 0 Å². The second-order valence-electron chi connectivity index (χ2n) is 7.58. The van der Waals surface area contributed by atoms with Crippen molar-refractivity contribution >= 4 is 39.8 Å².